The zero-order chi connectivity index (χ0) is 12.6. The Bertz CT molecular complexity index is 389. The monoisotopic (exact) mass is 250 g/mol. The summed E-state index contributed by atoms with van der Waals surface area (Å²) in [5.74, 6) is 1.04. The topological polar surface area (TPSA) is 51.6 Å². The number of hydrogen-bond acceptors (Lipinski definition) is 4. The Morgan fingerprint density at radius 1 is 1.50 bits per heavy atom. The third-order valence-corrected chi connectivity index (χ3v) is 4.19. The van der Waals surface area contributed by atoms with Gasteiger partial charge in [0.1, 0.15) is 5.76 Å². The number of hydrogen-bond donors (Lipinski definition) is 1. The summed E-state index contributed by atoms with van der Waals surface area (Å²) in [4.78, 5) is 2.51. The Labute approximate surface area is 108 Å². The van der Waals surface area contributed by atoms with Crippen molar-refractivity contribution in [3.63, 3.8) is 0 Å². The van der Waals surface area contributed by atoms with Gasteiger partial charge >= 0.3 is 0 Å². The van der Waals surface area contributed by atoms with Crippen molar-refractivity contribution in [2.45, 2.75) is 38.4 Å². The molecule has 2 atom stereocenters. The van der Waals surface area contributed by atoms with E-state index in [0.29, 0.717) is 12.6 Å². The summed E-state index contributed by atoms with van der Waals surface area (Å²) >= 11 is 0. The average Bonchev–Trinajstić information content (AvgIpc) is 2.98. The number of ether oxygens (including phenoxy) is 1. The summed E-state index contributed by atoms with van der Waals surface area (Å²) in [5, 5.41) is 0. The normalized spacial score (nSPS) is 32.3. The van der Waals surface area contributed by atoms with Crippen LogP contribution in [0, 0.1) is 5.41 Å². The largest absolute Gasteiger partial charge is 0.468 e. The molecule has 4 heteroatoms. The predicted octanol–water partition coefficient (Wildman–Crippen LogP) is 1.61. The molecule has 1 saturated carbocycles. The Morgan fingerprint density at radius 2 is 2.33 bits per heavy atom. The van der Waals surface area contributed by atoms with Crippen molar-refractivity contribution in [1.29, 1.82) is 0 Å². The lowest BCUT2D eigenvalue weighted by molar-refractivity contribution is 0.106. The molecule has 2 aliphatic rings. The zero-order valence-electron chi connectivity index (χ0n) is 11.0. The zero-order valence-corrected chi connectivity index (χ0v) is 11.0. The van der Waals surface area contributed by atoms with Gasteiger partial charge in [-0.15, -0.1) is 0 Å². The van der Waals surface area contributed by atoms with Gasteiger partial charge in [-0.25, -0.2) is 0 Å². The first-order valence-electron chi connectivity index (χ1n) is 6.77. The van der Waals surface area contributed by atoms with Crippen LogP contribution in [0.25, 0.3) is 0 Å². The van der Waals surface area contributed by atoms with Gasteiger partial charge in [-0.05, 0) is 25.0 Å². The molecule has 0 amide bonds. The van der Waals surface area contributed by atoms with Crippen molar-refractivity contribution in [2.24, 2.45) is 11.1 Å². The Balaban J connectivity index is 1.67. The van der Waals surface area contributed by atoms with E-state index in [1.807, 2.05) is 12.1 Å². The van der Waals surface area contributed by atoms with E-state index in [1.165, 1.54) is 12.8 Å². The van der Waals surface area contributed by atoms with Gasteiger partial charge in [0.05, 0.1) is 26.0 Å². The Hall–Kier alpha value is -0.840. The second kappa shape index (κ2) is 4.68. The maximum atomic E-state index is 6.18. The molecule has 1 aliphatic heterocycles. The molecular weight excluding hydrogens is 228 g/mol. The highest BCUT2D eigenvalue weighted by Crippen LogP contribution is 2.35. The number of nitrogens with two attached hydrogens (primary N) is 1. The lowest BCUT2D eigenvalue weighted by atomic mass is 9.85. The molecule has 0 bridgehead atoms. The van der Waals surface area contributed by atoms with Gasteiger partial charge < -0.3 is 14.9 Å². The molecule has 0 aromatic carbocycles. The first-order chi connectivity index (χ1) is 8.67. The molecule has 1 aromatic heterocycles. The lowest BCUT2D eigenvalue weighted by Crippen LogP contribution is -2.47. The molecular formula is C14H22N2O2. The van der Waals surface area contributed by atoms with Crippen LogP contribution in [0.5, 0.6) is 0 Å². The second-order valence-corrected chi connectivity index (χ2v) is 5.99. The van der Waals surface area contributed by atoms with Gasteiger partial charge in [0, 0.05) is 24.0 Å². The fraction of sp³-hybridized carbons (Fsp3) is 0.714. The predicted molar refractivity (Wildman–Crippen MR) is 69.0 cm³/mol. The van der Waals surface area contributed by atoms with Crippen LogP contribution in [-0.4, -0.2) is 36.7 Å². The molecule has 1 aromatic rings. The minimum atomic E-state index is 0.0786. The van der Waals surface area contributed by atoms with Crippen LogP contribution in [0.2, 0.25) is 0 Å². The molecule has 2 unspecified atom stereocenters. The summed E-state index contributed by atoms with van der Waals surface area (Å²) in [6, 6.07) is 4.85. The van der Waals surface area contributed by atoms with Gasteiger partial charge in [0.25, 0.3) is 0 Å². The molecule has 2 N–H and O–H groups in total. The van der Waals surface area contributed by atoms with E-state index in [0.717, 1.165) is 25.5 Å². The molecule has 2 heterocycles. The maximum Gasteiger partial charge on any atom is 0.117 e. The third-order valence-electron chi connectivity index (χ3n) is 4.19. The molecule has 0 radical (unpaired) electrons. The summed E-state index contributed by atoms with van der Waals surface area (Å²) in [6.07, 6.45) is 4.34. The first kappa shape index (κ1) is 12.2. The van der Waals surface area contributed by atoms with Crippen LogP contribution in [-0.2, 0) is 11.3 Å². The Morgan fingerprint density at radius 3 is 2.89 bits per heavy atom. The highest BCUT2D eigenvalue weighted by atomic mass is 16.5. The highest BCUT2D eigenvalue weighted by molar-refractivity contribution is 5.02. The van der Waals surface area contributed by atoms with E-state index in [9.17, 15) is 0 Å². The molecule has 1 saturated heterocycles. The van der Waals surface area contributed by atoms with E-state index in [4.69, 9.17) is 14.9 Å². The smallest absolute Gasteiger partial charge is 0.117 e. The minimum Gasteiger partial charge on any atom is -0.468 e. The summed E-state index contributed by atoms with van der Waals surface area (Å²) in [5.41, 5.74) is 6.26. The molecule has 2 fully saturated rings. The summed E-state index contributed by atoms with van der Waals surface area (Å²) in [6.45, 7) is 5.59. The van der Waals surface area contributed by atoms with Crippen LogP contribution < -0.4 is 5.73 Å². The van der Waals surface area contributed by atoms with Crippen LogP contribution in [0.15, 0.2) is 22.8 Å². The standard InChI is InChI=1S/C14H22N2O2/c1-14(10-17-8-13(14)15)9-16(11-4-5-11)7-12-3-2-6-18-12/h2-3,6,11,13H,4-5,7-10,15H2,1H3. The van der Waals surface area contributed by atoms with Gasteiger partial charge in [-0.1, -0.05) is 6.92 Å². The lowest BCUT2D eigenvalue weighted by Gasteiger charge is -2.33. The number of nitrogens with zero attached hydrogens (tertiary/aromatic N) is 1. The van der Waals surface area contributed by atoms with Gasteiger partial charge in [-0.3, -0.25) is 4.90 Å². The summed E-state index contributed by atoms with van der Waals surface area (Å²) in [7, 11) is 0. The van der Waals surface area contributed by atoms with E-state index >= 15 is 0 Å². The number of rotatable bonds is 5. The van der Waals surface area contributed by atoms with E-state index in [-0.39, 0.29) is 11.5 Å². The van der Waals surface area contributed by atoms with Crippen molar-refractivity contribution < 1.29 is 9.15 Å². The van der Waals surface area contributed by atoms with Crippen molar-refractivity contribution in [1.82, 2.24) is 4.90 Å². The number of furan rings is 1. The highest BCUT2D eigenvalue weighted by Gasteiger charge is 2.42. The minimum absolute atomic E-state index is 0.0786. The molecule has 0 spiro atoms. The molecule has 3 rings (SSSR count). The van der Waals surface area contributed by atoms with E-state index in [1.54, 1.807) is 6.26 Å². The van der Waals surface area contributed by atoms with Crippen LogP contribution >= 0.6 is 0 Å². The fourth-order valence-electron chi connectivity index (χ4n) is 2.71. The second-order valence-electron chi connectivity index (χ2n) is 5.99. The summed E-state index contributed by atoms with van der Waals surface area (Å²) < 4.78 is 11.0. The molecule has 100 valence electrons. The van der Waals surface area contributed by atoms with Crippen LogP contribution in [0.1, 0.15) is 25.5 Å². The Kier molecular flexibility index (Phi) is 3.18. The van der Waals surface area contributed by atoms with Crippen LogP contribution in [0.4, 0.5) is 0 Å². The van der Waals surface area contributed by atoms with E-state index in [2.05, 4.69) is 11.8 Å². The maximum absolute atomic E-state index is 6.18. The first-order valence-corrected chi connectivity index (χ1v) is 6.77. The van der Waals surface area contributed by atoms with Gasteiger partial charge in [0.15, 0.2) is 0 Å². The van der Waals surface area contributed by atoms with Crippen molar-refractivity contribution in [3.05, 3.63) is 24.2 Å². The van der Waals surface area contributed by atoms with Crippen LogP contribution in [0.3, 0.4) is 0 Å². The van der Waals surface area contributed by atoms with Gasteiger partial charge in [0.2, 0.25) is 0 Å². The fourth-order valence-corrected chi connectivity index (χ4v) is 2.71. The average molecular weight is 250 g/mol. The molecule has 4 nitrogen and oxygen atoms in total. The van der Waals surface area contributed by atoms with Crippen molar-refractivity contribution in [2.75, 3.05) is 19.8 Å². The van der Waals surface area contributed by atoms with Crippen molar-refractivity contribution >= 4 is 0 Å². The molecule has 1 aliphatic carbocycles. The molecule has 18 heavy (non-hydrogen) atoms. The van der Waals surface area contributed by atoms with E-state index < -0.39 is 0 Å². The third kappa shape index (κ3) is 2.46. The quantitative estimate of drug-likeness (QED) is 0.862. The van der Waals surface area contributed by atoms with Crippen molar-refractivity contribution in [3.8, 4) is 0 Å². The van der Waals surface area contributed by atoms with Gasteiger partial charge in [-0.2, -0.15) is 0 Å². The SMILES string of the molecule is CC1(CN(Cc2ccco2)C2CC2)COCC1N.